The summed E-state index contributed by atoms with van der Waals surface area (Å²) >= 11 is 13.2. The second-order valence-electron chi connectivity index (χ2n) is 7.94. The molecule has 3 aromatic carbocycles. The zero-order valence-electron chi connectivity index (χ0n) is 16.9. The third kappa shape index (κ3) is 3.57. The Morgan fingerprint density at radius 3 is 2.25 bits per heavy atom. The monoisotopic (exact) mass is 573 g/mol. The minimum absolute atomic E-state index is 0.216. The Labute approximate surface area is 207 Å². The molecule has 5 nitrogen and oxygen atoms in total. The van der Waals surface area contributed by atoms with Crippen molar-refractivity contribution in [3.8, 4) is 0 Å². The number of amides is 2. The van der Waals surface area contributed by atoms with E-state index in [9.17, 15) is 9.59 Å². The molecule has 0 saturated carbocycles. The summed E-state index contributed by atoms with van der Waals surface area (Å²) in [6.45, 7) is 1.97. The third-order valence-electron chi connectivity index (χ3n) is 5.93. The van der Waals surface area contributed by atoms with E-state index < -0.39 is 12.0 Å². The number of hydrogen-bond acceptors (Lipinski definition) is 4. The number of nitrogens with zero attached hydrogens (tertiary/aromatic N) is 2. The Kier molecular flexibility index (Phi) is 5.61. The molecule has 0 bridgehead atoms. The topological polar surface area (TPSA) is 52.7 Å². The number of carbonyl (C=O) groups is 2. The lowest BCUT2D eigenvalue weighted by molar-refractivity contribution is -0.122. The highest BCUT2D eigenvalue weighted by molar-refractivity contribution is 9.11. The van der Waals surface area contributed by atoms with Gasteiger partial charge in [-0.05, 0) is 70.9 Å². The van der Waals surface area contributed by atoms with Crippen LogP contribution in [0.5, 0.6) is 0 Å². The Balaban J connectivity index is 1.61. The van der Waals surface area contributed by atoms with Crippen LogP contribution in [-0.2, 0) is 9.59 Å². The SMILES string of the molecule is Cc1ccc(N2C(=O)C3C(c4ccc(Cl)cc4)NN(c4ccc(Br)cc4Br)C3C2=O)cc1. The summed E-state index contributed by atoms with van der Waals surface area (Å²) in [5.41, 5.74) is 6.75. The molecule has 1 N–H and O–H groups in total. The molecule has 2 amide bonds. The van der Waals surface area contributed by atoms with Crippen molar-refractivity contribution < 1.29 is 9.59 Å². The number of rotatable bonds is 3. The first-order valence-corrected chi connectivity index (χ1v) is 12.0. The van der Waals surface area contributed by atoms with Gasteiger partial charge >= 0.3 is 0 Å². The standard InChI is InChI=1S/C24H18Br2ClN3O2/c1-13-2-9-17(10-3-13)29-23(31)20-21(14-4-7-16(27)8-5-14)28-30(22(20)24(29)32)19-11-6-15(25)12-18(19)26/h2-12,20-22,28H,1H3. The van der Waals surface area contributed by atoms with Crippen LogP contribution in [0.25, 0.3) is 0 Å². The summed E-state index contributed by atoms with van der Waals surface area (Å²) in [6.07, 6.45) is 0. The molecule has 3 unspecified atom stereocenters. The van der Waals surface area contributed by atoms with Gasteiger partial charge in [0.2, 0.25) is 5.91 Å². The van der Waals surface area contributed by atoms with E-state index in [0.29, 0.717) is 10.7 Å². The Bertz CT molecular complexity index is 1220. The number of carbonyl (C=O) groups excluding carboxylic acids is 2. The van der Waals surface area contributed by atoms with Crippen LogP contribution in [0.4, 0.5) is 11.4 Å². The summed E-state index contributed by atoms with van der Waals surface area (Å²) in [4.78, 5) is 28.6. The van der Waals surface area contributed by atoms with Gasteiger partial charge in [0.25, 0.3) is 5.91 Å². The molecule has 2 aliphatic heterocycles. The molecule has 0 radical (unpaired) electrons. The van der Waals surface area contributed by atoms with Gasteiger partial charge in [0.15, 0.2) is 0 Å². The van der Waals surface area contributed by atoms with Crippen LogP contribution in [0.3, 0.4) is 0 Å². The van der Waals surface area contributed by atoms with E-state index in [2.05, 4.69) is 37.3 Å². The van der Waals surface area contributed by atoms with Crippen LogP contribution in [0.2, 0.25) is 5.02 Å². The largest absolute Gasteiger partial charge is 0.293 e. The minimum atomic E-state index is -0.679. The number of hydrogen-bond donors (Lipinski definition) is 1. The van der Waals surface area contributed by atoms with Crippen LogP contribution in [-0.4, -0.2) is 17.9 Å². The van der Waals surface area contributed by atoms with E-state index in [1.165, 1.54) is 4.90 Å². The van der Waals surface area contributed by atoms with Gasteiger partial charge in [-0.2, -0.15) is 0 Å². The van der Waals surface area contributed by atoms with Crippen molar-refractivity contribution in [2.45, 2.75) is 19.0 Å². The Morgan fingerprint density at radius 2 is 1.59 bits per heavy atom. The Morgan fingerprint density at radius 1 is 0.906 bits per heavy atom. The highest BCUT2D eigenvalue weighted by atomic mass is 79.9. The number of hydrazine groups is 1. The van der Waals surface area contributed by atoms with Gasteiger partial charge in [0, 0.05) is 14.0 Å². The predicted molar refractivity (Wildman–Crippen MR) is 133 cm³/mol. The van der Waals surface area contributed by atoms with E-state index in [1.807, 2.05) is 66.5 Å². The van der Waals surface area contributed by atoms with E-state index in [-0.39, 0.29) is 17.9 Å². The second-order valence-corrected chi connectivity index (χ2v) is 10.1. The van der Waals surface area contributed by atoms with Crippen molar-refractivity contribution in [3.63, 3.8) is 0 Å². The molecule has 0 aromatic heterocycles. The molecule has 162 valence electrons. The first-order valence-electron chi connectivity index (χ1n) is 10.1. The van der Waals surface area contributed by atoms with Crippen LogP contribution in [0, 0.1) is 12.8 Å². The van der Waals surface area contributed by atoms with Gasteiger partial charge < -0.3 is 0 Å². The molecule has 2 saturated heterocycles. The van der Waals surface area contributed by atoms with E-state index in [1.54, 1.807) is 12.1 Å². The molecule has 0 aliphatic carbocycles. The van der Waals surface area contributed by atoms with E-state index in [0.717, 1.165) is 25.8 Å². The number of benzene rings is 3. The fourth-order valence-electron chi connectivity index (χ4n) is 4.38. The van der Waals surface area contributed by atoms with Crippen molar-refractivity contribution in [2.75, 3.05) is 9.91 Å². The normalized spacial score (nSPS) is 22.6. The maximum atomic E-state index is 13.7. The number of imide groups is 1. The van der Waals surface area contributed by atoms with Crippen LogP contribution in [0.1, 0.15) is 17.2 Å². The molecule has 0 spiro atoms. The zero-order chi connectivity index (χ0) is 22.6. The highest BCUT2D eigenvalue weighted by Crippen LogP contribution is 2.45. The zero-order valence-corrected chi connectivity index (χ0v) is 20.9. The average molecular weight is 576 g/mol. The number of aryl methyl sites for hydroxylation is 1. The summed E-state index contributed by atoms with van der Waals surface area (Å²) in [7, 11) is 0. The van der Waals surface area contributed by atoms with Crippen LogP contribution < -0.4 is 15.3 Å². The van der Waals surface area contributed by atoms with Crippen LogP contribution >= 0.6 is 43.5 Å². The number of nitrogens with one attached hydrogen (secondary N) is 1. The lowest BCUT2D eigenvalue weighted by Crippen LogP contribution is -2.45. The molecule has 3 aromatic rings. The van der Waals surface area contributed by atoms with Crippen molar-refractivity contribution in [2.24, 2.45) is 5.92 Å². The molecule has 32 heavy (non-hydrogen) atoms. The van der Waals surface area contributed by atoms with Crippen molar-refractivity contribution >= 4 is 66.6 Å². The van der Waals surface area contributed by atoms with Gasteiger partial charge in [-0.3, -0.25) is 14.6 Å². The molecular formula is C24H18Br2ClN3O2. The van der Waals surface area contributed by atoms with E-state index >= 15 is 0 Å². The highest BCUT2D eigenvalue weighted by Gasteiger charge is 2.59. The van der Waals surface area contributed by atoms with Crippen LogP contribution in [0.15, 0.2) is 75.7 Å². The predicted octanol–water partition coefficient (Wildman–Crippen LogP) is 5.80. The number of halogens is 3. The number of fused-ring (bicyclic) bond motifs is 1. The molecule has 2 heterocycles. The lowest BCUT2D eigenvalue weighted by Gasteiger charge is -2.27. The Hall–Kier alpha value is -2.19. The fourth-order valence-corrected chi connectivity index (χ4v) is 5.75. The molecule has 5 rings (SSSR count). The van der Waals surface area contributed by atoms with Crippen molar-refractivity contribution in [1.82, 2.24) is 5.43 Å². The summed E-state index contributed by atoms with van der Waals surface area (Å²) in [5.74, 6) is -1.05. The van der Waals surface area contributed by atoms with Crippen molar-refractivity contribution in [3.05, 3.63) is 91.8 Å². The fraction of sp³-hybridized carbons (Fsp3) is 0.167. The minimum Gasteiger partial charge on any atom is -0.293 e. The lowest BCUT2D eigenvalue weighted by atomic mass is 9.91. The van der Waals surface area contributed by atoms with E-state index in [4.69, 9.17) is 11.6 Å². The van der Waals surface area contributed by atoms with Gasteiger partial charge in [-0.25, -0.2) is 10.3 Å². The number of anilines is 2. The second kappa shape index (κ2) is 8.30. The average Bonchev–Trinajstić information content (AvgIpc) is 3.27. The molecule has 8 heteroatoms. The molecule has 2 aliphatic rings. The smallest absolute Gasteiger partial charge is 0.258 e. The maximum Gasteiger partial charge on any atom is 0.258 e. The summed E-state index contributed by atoms with van der Waals surface area (Å²) in [6, 6.07) is 19.5. The third-order valence-corrected chi connectivity index (χ3v) is 7.31. The van der Waals surface area contributed by atoms with Gasteiger partial charge in [-0.1, -0.05) is 57.4 Å². The summed E-state index contributed by atoms with van der Waals surface area (Å²) in [5, 5.41) is 2.43. The molecule has 2 fully saturated rings. The maximum absolute atomic E-state index is 13.7. The van der Waals surface area contributed by atoms with Gasteiger partial charge in [0.05, 0.1) is 23.3 Å². The first kappa shape index (κ1) is 21.6. The van der Waals surface area contributed by atoms with Gasteiger partial charge in [0.1, 0.15) is 6.04 Å². The van der Waals surface area contributed by atoms with Gasteiger partial charge in [-0.15, -0.1) is 0 Å². The molecule has 3 atom stereocenters. The van der Waals surface area contributed by atoms with Crippen molar-refractivity contribution in [1.29, 1.82) is 0 Å². The molecular weight excluding hydrogens is 558 g/mol. The quantitative estimate of drug-likeness (QED) is 0.402. The first-order chi connectivity index (χ1) is 15.3. The summed E-state index contributed by atoms with van der Waals surface area (Å²) < 4.78 is 1.72.